The van der Waals surface area contributed by atoms with Crippen LogP contribution in [0.2, 0.25) is 0 Å². The second-order valence-electron chi connectivity index (χ2n) is 7.18. The van der Waals surface area contributed by atoms with E-state index in [9.17, 15) is 9.59 Å². The Morgan fingerprint density at radius 2 is 1.03 bits per heavy atom. The SMILES string of the molecule is CCc1cc(C(=O)OOC(=O)c2cc(CC)cc3ccccc23)c2ccccc2c1. The Hall–Kier alpha value is -3.66. The van der Waals surface area contributed by atoms with Crippen molar-refractivity contribution < 1.29 is 19.4 Å². The van der Waals surface area contributed by atoms with Gasteiger partial charge in [-0.15, -0.1) is 0 Å². The van der Waals surface area contributed by atoms with E-state index in [1.54, 1.807) is 12.1 Å². The lowest BCUT2D eigenvalue weighted by Crippen LogP contribution is -2.13. The van der Waals surface area contributed by atoms with Crippen LogP contribution in [0.1, 0.15) is 45.7 Å². The summed E-state index contributed by atoms with van der Waals surface area (Å²) in [5, 5.41) is 3.40. The second-order valence-corrected chi connectivity index (χ2v) is 7.18. The van der Waals surface area contributed by atoms with Crippen molar-refractivity contribution in [1.82, 2.24) is 0 Å². The lowest BCUT2D eigenvalue weighted by Gasteiger charge is -2.10. The first-order valence-corrected chi connectivity index (χ1v) is 10.1. The first-order chi connectivity index (χ1) is 14.6. The molecule has 0 aliphatic heterocycles. The number of carbonyl (C=O) groups is 2. The number of benzene rings is 4. The summed E-state index contributed by atoms with van der Waals surface area (Å²) in [6, 6.07) is 22.8. The molecule has 0 bridgehead atoms. The van der Waals surface area contributed by atoms with Gasteiger partial charge in [-0.25, -0.2) is 19.4 Å². The molecule has 0 atom stereocenters. The quantitative estimate of drug-likeness (QED) is 0.310. The summed E-state index contributed by atoms with van der Waals surface area (Å²) in [6.07, 6.45) is 1.56. The largest absolute Gasteiger partial charge is 0.386 e. The normalized spacial score (nSPS) is 10.9. The lowest BCUT2D eigenvalue weighted by atomic mass is 10.00. The summed E-state index contributed by atoms with van der Waals surface area (Å²) in [6.45, 7) is 4.04. The van der Waals surface area contributed by atoms with Gasteiger partial charge in [0.05, 0.1) is 11.1 Å². The van der Waals surface area contributed by atoms with E-state index in [4.69, 9.17) is 9.78 Å². The van der Waals surface area contributed by atoms with Crippen LogP contribution < -0.4 is 0 Å². The van der Waals surface area contributed by atoms with E-state index in [-0.39, 0.29) is 0 Å². The van der Waals surface area contributed by atoms with Gasteiger partial charge in [-0.05, 0) is 57.6 Å². The number of fused-ring (bicyclic) bond motifs is 2. The Labute approximate surface area is 175 Å². The zero-order valence-electron chi connectivity index (χ0n) is 17.0. The minimum atomic E-state index is -0.689. The predicted octanol–water partition coefficient (Wildman–Crippen LogP) is 6.05. The van der Waals surface area contributed by atoms with Crippen LogP contribution in [0.4, 0.5) is 0 Å². The number of rotatable bonds is 4. The molecule has 4 heteroatoms. The summed E-state index contributed by atoms with van der Waals surface area (Å²) in [5.74, 6) is -1.38. The first kappa shape index (κ1) is 19.6. The van der Waals surface area contributed by atoms with Crippen LogP contribution in [0.3, 0.4) is 0 Å². The summed E-state index contributed by atoms with van der Waals surface area (Å²) < 4.78 is 0. The zero-order chi connectivity index (χ0) is 21.1. The number of carbonyl (C=O) groups excluding carboxylic acids is 2. The standard InChI is InChI=1S/C26H22O4/c1-3-17-13-19-9-5-7-11-21(19)23(15-17)25(27)29-30-26(28)24-16-18(4-2)14-20-10-6-8-12-22(20)24/h5-16H,3-4H2,1-2H3. The maximum absolute atomic E-state index is 12.7. The van der Waals surface area contributed by atoms with Crippen molar-refractivity contribution in [1.29, 1.82) is 0 Å². The van der Waals surface area contributed by atoms with Gasteiger partial charge in [0, 0.05) is 0 Å². The summed E-state index contributed by atoms with van der Waals surface area (Å²) in [7, 11) is 0. The second kappa shape index (κ2) is 8.37. The average molecular weight is 398 g/mol. The van der Waals surface area contributed by atoms with E-state index in [0.717, 1.165) is 45.5 Å². The topological polar surface area (TPSA) is 52.6 Å². The van der Waals surface area contributed by atoms with E-state index in [0.29, 0.717) is 11.1 Å². The van der Waals surface area contributed by atoms with Crippen molar-refractivity contribution in [2.75, 3.05) is 0 Å². The first-order valence-electron chi connectivity index (χ1n) is 10.1. The number of hydrogen-bond acceptors (Lipinski definition) is 4. The number of aryl methyl sites for hydroxylation is 2. The van der Waals surface area contributed by atoms with E-state index >= 15 is 0 Å². The highest BCUT2D eigenvalue weighted by Gasteiger charge is 2.19. The van der Waals surface area contributed by atoms with Crippen molar-refractivity contribution in [3.05, 3.63) is 95.1 Å². The van der Waals surface area contributed by atoms with Crippen molar-refractivity contribution in [2.24, 2.45) is 0 Å². The molecule has 4 aromatic rings. The van der Waals surface area contributed by atoms with Gasteiger partial charge in [0.1, 0.15) is 0 Å². The minimum absolute atomic E-state index is 0.380. The van der Waals surface area contributed by atoms with Crippen LogP contribution >= 0.6 is 0 Å². The maximum Gasteiger partial charge on any atom is 0.386 e. The summed E-state index contributed by atoms with van der Waals surface area (Å²) >= 11 is 0. The summed E-state index contributed by atoms with van der Waals surface area (Å²) in [4.78, 5) is 35.5. The fraction of sp³-hybridized carbons (Fsp3) is 0.154. The lowest BCUT2D eigenvalue weighted by molar-refractivity contribution is -0.187. The van der Waals surface area contributed by atoms with E-state index in [2.05, 4.69) is 0 Å². The van der Waals surface area contributed by atoms with Gasteiger partial charge in [-0.3, -0.25) is 0 Å². The van der Waals surface area contributed by atoms with Crippen LogP contribution in [0, 0.1) is 0 Å². The molecule has 0 amide bonds. The monoisotopic (exact) mass is 398 g/mol. The maximum atomic E-state index is 12.7. The Morgan fingerprint density at radius 1 is 0.633 bits per heavy atom. The molecular formula is C26H22O4. The molecule has 0 heterocycles. The van der Waals surface area contributed by atoms with Gasteiger partial charge in [0.2, 0.25) is 0 Å². The van der Waals surface area contributed by atoms with Crippen LogP contribution in [0.15, 0.2) is 72.8 Å². The predicted molar refractivity (Wildman–Crippen MR) is 117 cm³/mol. The molecule has 4 rings (SSSR count). The minimum Gasteiger partial charge on any atom is -0.241 e. The average Bonchev–Trinajstić information content (AvgIpc) is 2.80. The van der Waals surface area contributed by atoms with E-state index in [1.165, 1.54) is 0 Å². The molecule has 0 saturated carbocycles. The van der Waals surface area contributed by atoms with E-state index < -0.39 is 11.9 Å². The molecule has 0 unspecified atom stereocenters. The molecule has 0 fully saturated rings. The highest BCUT2D eigenvalue weighted by molar-refractivity contribution is 6.07. The third-order valence-corrected chi connectivity index (χ3v) is 5.29. The van der Waals surface area contributed by atoms with Gasteiger partial charge >= 0.3 is 11.9 Å². The molecule has 0 aromatic heterocycles. The number of hydrogen-bond donors (Lipinski definition) is 0. The smallest absolute Gasteiger partial charge is 0.241 e. The van der Waals surface area contributed by atoms with Crippen LogP contribution in [-0.2, 0) is 22.6 Å². The van der Waals surface area contributed by atoms with Gasteiger partial charge in [-0.2, -0.15) is 0 Å². The van der Waals surface area contributed by atoms with Crippen molar-refractivity contribution in [3.8, 4) is 0 Å². The molecule has 0 radical (unpaired) electrons. The van der Waals surface area contributed by atoms with Crippen molar-refractivity contribution in [2.45, 2.75) is 26.7 Å². The highest BCUT2D eigenvalue weighted by Crippen LogP contribution is 2.24. The third kappa shape index (κ3) is 3.77. The molecule has 30 heavy (non-hydrogen) atoms. The molecule has 0 saturated heterocycles. The Morgan fingerprint density at radius 3 is 1.43 bits per heavy atom. The van der Waals surface area contributed by atoms with Crippen molar-refractivity contribution >= 4 is 33.5 Å². The fourth-order valence-electron chi connectivity index (χ4n) is 3.66. The van der Waals surface area contributed by atoms with Crippen LogP contribution in [0.25, 0.3) is 21.5 Å². The van der Waals surface area contributed by atoms with Crippen LogP contribution in [-0.4, -0.2) is 11.9 Å². The zero-order valence-corrected chi connectivity index (χ0v) is 17.0. The molecule has 0 spiro atoms. The van der Waals surface area contributed by atoms with Gasteiger partial charge < -0.3 is 0 Å². The fourth-order valence-corrected chi connectivity index (χ4v) is 3.66. The molecule has 4 nitrogen and oxygen atoms in total. The van der Waals surface area contributed by atoms with Crippen LogP contribution in [0.5, 0.6) is 0 Å². The molecule has 0 aliphatic carbocycles. The Kier molecular flexibility index (Phi) is 5.48. The van der Waals surface area contributed by atoms with Gasteiger partial charge in [0.25, 0.3) is 0 Å². The highest BCUT2D eigenvalue weighted by atomic mass is 17.2. The van der Waals surface area contributed by atoms with Gasteiger partial charge in [-0.1, -0.05) is 74.5 Å². The van der Waals surface area contributed by atoms with E-state index in [1.807, 2.05) is 74.5 Å². The Balaban J connectivity index is 1.62. The Bertz CT molecular complexity index is 1160. The molecular weight excluding hydrogens is 376 g/mol. The molecule has 150 valence electrons. The molecule has 0 aliphatic rings. The molecule has 4 aromatic carbocycles. The van der Waals surface area contributed by atoms with Gasteiger partial charge in [0.15, 0.2) is 0 Å². The summed E-state index contributed by atoms with van der Waals surface area (Å²) in [5.41, 5.74) is 2.78. The third-order valence-electron chi connectivity index (χ3n) is 5.29. The van der Waals surface area contributed by atoms with Crippen molar-refractivity contribution in [3.63, 3.8) is 0 Å². The molecule has 0 N–H and O–H groups in total.